The molecule has 0 bridgehead atoms. The number of nitrogens with zero attached hydrogens (tertiary/aromatic N) is 2. The topological polar surface area (TPSA) is 74.9 Å². The largest absolute Gasteiger partial charge is 0.469 e. The number of rotatable bonds is 6. The Hall–Kier alpha value is -2.47. The van der Waals surface area contributed by atoms with Gasteiger partial charge in [-0.2, -0.15) is 5.10 Å². The first kappa shape index (κ1) is 14.5. The predicted molar refractivity (Wildman–Crippen MR) is 77.6 cm³/mol. The van der Waals surface area contributed by atoms with Crippen molar-refractivity contribution in [2.75, 3.05) is 0 Å². The summed E-state index contributed by atoms with van der Waals surface area (Å²) >= 11 is 0. The Morgan fingerprint density at radius 1 is 1.23 bits per heavy atom. The molecule has 3 aromatic rings. The van der Waals surface area contributed by atoms with Crippen LogP contribution in [0.5, 0.6) is 0 Å². The van der Waals surface area contributed by atoms with Crippen LogP contribution in [0.25, 0.3) is 0 Å². The number of aromatic amines is 1. The van der Waals surface area contributed by atoms with E-state index in [0.717, 1.165) is 11.3 Å². The van der Waals surface area contributed by atoms with Gasteiger partial charge in [-0.05, 0) is 36.1 Å². The minimum absolute atomic E-state index is 0.244. The summed E-state index contributed by atoms with van der Waals surface area (Å²) in [6.45, 7) is 0. The van der Waals surface area contributed by atoms with Crippen molar-refractivity contribution >= 4 is 0 Å². The second kappa shape index (κ2) is 6.53. The number of nitrogens with one attached hydrogen (secondary N) is 1. The summed E-state index contributed by atoms with van der Waals surface area (Å²) < 4.78 is 19.2. The van der Waals surface area contributed by atoms with Crippen molar-refractivity contribution in [2.45, 2.75) is 25.4 Å². The summed E-state index contributed by atoms with van der Waals surface area (Å²) in [4.78, 5) is 3.93. The Morgan fingerprint density at radius 3 is 2.86 bits per heavy atom. The number of furan rings is 1. The van der Waals surface area contributed by atoms with Crippen LogP contribution in [-0.4, -0.2) is 20.3 Å². The lowest BCUT2D eigenvalue weighted by molar-refractivity contribution is 0.158. The first-order valence-corrected chi connectivity index (χ1v) is 7.06. The average Bonchev–Trinajstić information content (AvgIpc) is 3.19. The molecule has 1 unspecified atom stereocenters. The van der Waals surface area contributed by atoms with Gasteiger partial charge in [0.2, 0.25) is 0 Å². The zero-order valence-electron chi connectivity index (χ0n) is 11.9. The van der Waals surface area contributed by atoms with Gasteiger partial charge in [-0.15, -0.1) is 0 Å². The predicted octanol–water partition coefficient (Wildman–Crippen LogP) is 2.79. The normalized spacial score (nSPS) is 12.5. The van der Waals surface area contributed by atoms with Gasteiger partial charge in [-0.25, -0.2) is 9.37 Å². The highest BCUT2D eigenvalue weighted by atomic mass is 19.1. The fraction of sp³-hybridized carbons (Fsp3) is 0.250. The van der Waals surface area contributed by atoms with Crippen molar-refractivity contribution in [2.24, 2.45) is 0 Å². The van der Waals surface area contributed by atoms with Crippen LogP contribution in [0.15, 0.2) is 47.3 Å². The first-order chi connectivity index (χ1) is 10.7. The molecule has 0 saturated heterocycles. The van der Waals surface area contributed by atoms with Gasteiger partial charge in [0.05, 0.1) is 6.26 Å². The summed E-state index contributed by atoms with van der Waals surface area (Å²) in [5, 5.41) is 16.4. The van der Waals surface area contributed by atoms with E-state index in [2.05, 4.69) is 15.2 Å². The molecule has 0 aliphatic heterocycles. The van der Waals surface area contributed by atoms with E-state index in [1.165, 1.54) is 12.4 Å². The summed E-state index contributed by atoms with van der Waals surface area (Å²) in [5.74, 6) is 0.917. The van der Waals surface area contributed by atoms with Gasteiger partial charge in [-0.3, -0.25) is 5.10 Å². The van der Waals surface area contributed by atoms with Gasteiger partial charge in [0.1, 0.15) is 24.0 Å². The number of aryl methyl sites for hydroxylation is 1. The van der Waals surface area contributed by atoms with E-state index in [-0.39, 0.29) is 5.82 Å². The van der Waals surface area contributed by atoms with Crippen LogP contribution in [0.3, 0.4) is 0 Å². The molecule has 0 aliphatic carbocycles. The molecule has 6 heteroatoms. The van der Waals surface area contributed by atoms with Crippen molar-refractivity contribution < 1.29 is 13.9 Å². The Labute approximate surface area is 126 Å². The molecule has 22 heavy (non-hydrogen) atoms. The molecule has 2 N–H and O–H groups in total. The molecule has 0 amide bonds. The maximum absolute atomic E-state index is 13.7. The molecule has 0 saturated carbocycles. The molecule has 3 rings (SSSR count). The number of aromatic nitrogens is 3. The molecule has 0 spiro atoms. The monoisotopic (exact) mass is 301 g/mol. The maximum atomic E-state index is 13.7. The Bertz CT molecular complexity index is 725. The van der Waals surface area contributed by atoms with Crippen LogP contribution in [-0.2, 0) is 12.8 Å². The van der Waals surface area contributed by atoms with E-state index in [1.54, 1.807) is 24.5 Å². The Kier molecular flexibility index (Phi) is 4.29. The van der Waals surface area contributed by atoms with E-state index < -0.39 is 6.10 Å². The van der Waals surface area contributed by atoms with Crippen LogP contribution in [0.2, 0.25) is 0 Å². The molecule has 114 valence electrons. The molecule has 0 fully saturated rings. The summed E-state index contributed by atoms with van der Waals surface area (Å²) in [7, 11) is 0. The number of H-pyrrole nitrogens is 1. The highest BCUT2D eigenvalue weighted by molar-refractivity contribution is 5.27. The molecule has 2 aromatic heterocycles. The SMILES string of the molecule is OC(CCc1ccoc1Cc1ccccc1F)c1ncn[nH]1. The van der Waals surface area contributed by atoms with Gasteiger partial charge < -0.3 is 9.52 Å². The van der Waals surface area contributed by atoms with Crippen molar-refractivity contribution in [3.63, 3.8) is 0 Å². The lowest BCUT2D eigenvalue weighted by Crippen LogP contribution is -2.03. The molecule has 0 aliphatic rings. The van der Waals surface area contributed by atoms with E-state index >= 15 is 0 Å². The van der Waals surface area contributed by atoms with Crippen LogP contribution in [0.4, 0.5) is 4.39 Å². The highest BCUT2D eigenvalue weighted by Gasteiger charge is 2.14. The smallest absolute Gasteiger partial charge is 0.153 e. The molecule has 2 heterocycles. The molecule has 1 aromatic carbocycles. The van der Waals surface area contributed by atoms with Gasteiger partial charge in [0.15, 0.2) is 5.82 Å². The number of hydrogen-bond donors (Lipinski definition) is 2. The van der Waals surface area contributed by atoms with Crippen molar-refractivity contribution in [3.05, 3.63) is 71.5 Å². The van der Waals surface area contributed by atoms with E-state index in [9.17, 15) is 9.50 Å². The number of aliphatic hydroxyl groups is 1. The summed E-state index contributed by atoms with van der Waals surface area (Å²) in [6.07, 6.45) is 3.74. The van der Waals surface area contributed by atoms with Crippen molar-refractivity contribution in [1.29, 1.82) is 0 Å². The lowest BCUT2D eigenvalue weighted by Gasteiger charge is -2.08. The molecule has 0 radical (unpaired) electrons. The van der Waals surface area contributed by atoms with Crippen LogP contribution < -0.4 is 0 Å². The van der Waals surface area contributed by atoms with Gasteiger partial charge in [0, 0.05) is 6.42 Å². The third-order valence-electron chi connectivity index (χ3n) is 3.58. The van der Waals surface area contributed by atoms with Gasteiger partial charge in [0.25, 0.3) is 0 Å². The average molecular weight is 301 g/mol. The number of aliphatic hydroxyl groups excluding tert-OH is 1. The van der Waals surface area contributed by atoms with E-state index in [0.29, 0.717) is 30.7 Å². The number of hydrogen-bond acceptors (Lipinski definition) is 4. The second-order valence-corrected chi connectivity index (χ2v) is 5.06. The quantitative estimate of drug-likeness (QED) is 0.734. The van der Waals surface area contributed by atoms with Crippen molar-refractivity contribution in [3.8, 4) is 0 Å². The zero-order valence-corrected chi connectivity index (χ0v) is 11.9. The maximum Gasteiger partial charge on any atom is 0.153 e. The van der Waals surface area contributed by atoms with Crippen molar-refractivity contribution in [1.82, 2.24) is 15.2 Å². The molecule has 1 atom stereocenters. The third kappa shape index (κ3) is 3.23. The summed E-state index contributed by atoms with van der Waals surface area (Å²) in [6, 6.07) is 8.49. The first-order valence-electron chi connectivity index (χ1n) is 7.06. The fourth-order valence-electron chi connectivity index (χ4n) is 2.36. The third-order valence-corrected chi connectivity index (χ3v) is 3.58. The lowest BCUT2D eigenvalue weighted by atomic mass is 10.0. The Morgan fingerprint density at radius 2 is 2.09 bits per heavy atom. The fourth-order valence-corrected chi connectivity index (χ4v) is 2.36. The second-order valence-electron chi connectivity index (χ2n) is 5.06. The van der Waals surface area contributed by atoms with Gasteiger partial charge >= 0.3 is 0 Å². The summed E-state index contributed by atoms with van der Waals surface area (Å²) in [5.41, 5.74) is 1.55. The number of halogens is 1. The van der Waals surface area contributed by atoms with E-state index in [1.807, 2.05) is 6.07 Å². The van der Waals surface area contributed by atoms with E-state index in [4.69, 9.17) is 4.42 Å². The zero-order chi connectivity index (χ0) is 15.4. The van der Waals surface area contributed by atoms with Crippen LogP contribution >= 0.6 is 0 Å². The molecular weight excluding hydrogens is 285 g/mol. The minimum atomic E-state index is -0.710. The minimum Gasteiger partial charge on any atom is -0.469 e. The highest BCUT2D eigenvalue weighted by Crippen LogP contribution is 2.21. The van der Waals surface area contributed by atoms with Crippen LogP contribution in [0, 0.1) is 5.82 Å². The standard InChI is InChI=1S/C16H16FN3O2/c17-13-4-2-1-3-12(13)9-15-11(7-8-22-15)5-6-14(21)16-18-10-19-20-16/h1-4,7-8,10,14,21H,5-6,9H2,(H,18,19,20). The van der Waals surface area contributed by atoms with Crippen LogP contribution in [0.1, 0.15) is 35.2 Å². The van der Waals surface area contributed by atoms with Gasteiger partial charge in [-0.1, -0.05) is 18.2 Å². The number of benzene rings is 1. The molecule has 5 nitrogen and oxygen atoms in total. The Balaban J connectivity index is 1.66. The molecular formula is C16H16FN3O2.